The predicted molar refractivity (Wildman–Crippen MR) is 83.3 cm³/mol. The minimum absolute atomic E-state index is 0.0298. The van der Waals surface area contributed by atoms with Gasteiger partial charge in [-0.1, -0.05) is 12.1 Å². The first-order chi connectivity index (χ1) is 11.8. The lowest BCUT2D eigenvalue weighted by Crippen LogP contribution is -2.43. The first-order valence-electron chi connectivity index (χ1n) is 8.09. The Morgan fingerprint density at radius 3 is 2.60 bits per heavy atom. The molecule has 6 nitrogen and oxygen atoms in total. The molecule has 3 rings (SSSR count). The molecule has 1 aliphatic rings. The van der Waals surface area contributed by atoms with Crippen molar-refractivity contribution >= 4 is 5.91 Å². The van der Waals surface area contributed by atoms with Crippen molar-refractivity contribution in [3.8, 4) is 11.4 Å². The van der Waals surface area contributed by atoms with E-state index in [0.29, 0.717) is 5.56 Å². The van der Waals surface area contributed by atoms with Gasteiger partial charge >= 0.3 is 6.18 Å². The lowest BCUT2D eigenvalue weighted by Gasteiger charge is -2.33. The number of carbonyl (C=O) groups excluding carboxylic acids is 1. The fraction of sp³-hybridized carbons (Fsp3) is 0.500. The molecule has 1 atom stereocenters. The second-order valence-electron chi connectivity index (χ2n) is 6.15. The zero-order valence-electron chi connectivity index (χ0n) is 13.7. The number of carbonyl (C=O) groups is 1. The molecule has 0 spiro atoms. The van der Waals surface area contributed by atoms with Gasteiger partial charge in [-0.25, -0.2) is 0 Å². The topological polar surface area (TPSA) is 63.9 Å². The minimum Gasteiger partial charge on any atom is -0.338 e. The van der Waals surface area contributed by atoms with Crippen molar-refractivity contribution in [2.24, 2.45) is 0 Å². The van der Waals surface area contributed by atoms with Crippen molar-refractivity contribution in [2.45, 2.75) is 44.9 Å². The molecule has 1 amide bonds. The Kier molecular flexibility index (Phi) is 4.73. The maximum absolute atomic E-state index is 12.6. The molecular formula is C16H18F3N5O. The average Bonchev–Trinajstić information content (AvgIpc) is 3.03. The van der Waals surface area contributed by atoms with E-state index in [0.717, 1.165) is 37.9 Å². The van der Waals surface area contributed by atoms with Gasteiger partial charge in [-0.2, -0.15) is 18.0 Å². The molecule has 1 aromatic carbocycles. The van der Waals surface area contributed by atoms with Crippen molar-refractivity contribution in [3.05, 3.63) is 29.8 Å². The number of benzene rings is 1. The van der Waals surface area contributed by atoms with Gasteiger partial charge in [-0.3, -0.25) is 4.79 Å². The van der Waals surface area contributed by atoms with Gasteiger partial charge in [0.05, 0.1) is 5.56 Å². The SMILES string of the molecule is CC1CCCCN1C(=O)Cn1nnc(-c2ccc(C(F)(F)F)cc2)n1. The number of alkyl halides is 3. The van der Waals surface area contributed by atoms with Gasteiger partial charge in [0.1, 0.15) is 6.54 Å². The van der Waals surface area contributed by atoms with Gasteiger partial charge in [0.25, 0.3) is 0 Å². The molecule has 1 fully saturated rings. The summed E-state index contributed by atoms with van der Waals surface area (Å²) in [5, 5.41) is 11.8. The Morgan fingerprint density at radius 2 is 1.96 bits per heavy atom. The van der Waals surface area contributed by atoms with E-state index in [1.807, 2.05) is 11.8 Å². The highest BCUT2D eigenvalue weighted by molar-refractivity contribution is 5.76. The molecule has 2 heterocycles. The van der Waals surface area contributed by atoms with Gasteiger partial charge < -0.3 is 4.90 Å². The molecule has 134 valence electrons. The van der Waals surface area contributed by atoms with E-state index in [4.69, 9.17) is 0 Å². The second kappa shape index (κ2) is 6.81. The van der Waals surface area contributed by atoms with E-state index in [1.54, 1.807) is 0 Å². The Morgan fingerprint density at radius 1 is 1.24 bits per heavy atom. The second-order valence-corrected chi connectivity index (χ2v) is 6.15. The molecule has 1 aromatic heterocycles. The summed E-state index contributed by atoms with van der Waals surface area (Å²) in [6.07, 6.45) is -1.31. The van der Waals surface area contributed by atoms with Crippen LogP contribution in [0.15, 0.2) is 24.3 Å². The van der Waals surface area contributed by atoms with E-state index in [-0.39, 0.29) is 24.3 Å². The maximum atomic E-state index is 12.6. The van der Waals surface area contributed by atoms with E-state index < -0.39 is 11.7 Å². The molecular weight excluding hydrogens is 335 g/mol. The Hall–Kier alpha value is -2.45. The highest BCUT2D eigenvalue weighted by atomic mass is 19.4. The van der Waals surface area contributed by atoms with Crippen molar-refractivity contribution in [1.82, 2.24) is 25.1 Å². The van der Waals surface area contributed by atoms with E-state index in [9.17, 15) is 18.0 Å². The van der Waals surface area contributed by atoms with Crippen LogP contribution in [-0.4, -0.2) is 43.6 Å². The zero-order chi connectivity index (χ0) is 18.0. The van der Waals surface area contributed by atoms with Crippen LogP contribution in [-0.2, 0) is 17.5 Å². The molecule has 0 saturated carbocycles. The van der Waals surface area contributed by atoms with Crippen molar-refractivity contribution < 1.29 is 18.0 Å². The lowest BCUT2D eigenvalue weighted by atomic mass is 10.0. The maximum Gasteiger partial charge on any atom is 0.416 e. The number of nitrogens with zero attached hydrogens (tertiary/aromatic N) is 5. The zero-order valence-corrected chi connectivity index (χ0v) is 13.7. The van der Waals surface area contributed by atoms with Crippen LogP contribution in [0.2, 0.25) is 0 Å². The van der Waals surface area contributed by atoms with E-state index in [2.05, 4.69) is 15.4 Å². The molecule has 2 aromatic rings. The van der Waals surface area contributed by atoms with E-state index in [1.165, 1.54) is 16.9 Å². The summed E-state index contributed by atoms with van der Waals surface area (Å²) < 4.78 is 37.8. The van der Waals surface area contributed by atoms with Gasteiger partial charge in [0.15, 0.2) is 0 Å². The largest absolute Gasteiger partial charge is 0.416 e. The fourth-order valence-corrected chi connectivity index (χ4v) is 2.91. The monoisotopic (exact) mass is 353 g/mol. The quantitative estimate of drug-likeness (QED) is 0.851. The summed E-state index contributed by atoms with van der Waals surface area (Å²) in [5.41, 5.74) is -0.323. The van der Waals surface area contributed by atoms with Gasteiger partial charge in [-0.15, -0.1) is 10.2 Å². The predicted octanol–water partition coefficient (Wildman–Crippen LogP) is 2.76. The number of tetrazole rings is 1. The molecule has 9 heteroatoms. The molecule has 25 heavy (non-hydrogen) atoms. The number of aromatic nitrogens is 4. The normalized spacial score (nSPS) is 18.4. The van der Waals surface area contributed by atoms with Crippen LogP contribution in [0, 0.1) is 0 Å². The van der Waals surface area contributed by atoms with E-state index >= 15 is 0 Å². The Bertz CT molecular complexity index is 741. The summed E-state index contributed by atoms with van der Waals surface area (Å²) >= 11 is 0. The number of hydrogen-bond acceptors (Lipinski definition) is 4. The highest BCUT2D eigenvalue weighted by Crippen LogP contribution is 2.30. The molecule has 1 saturated heterocycles. The number of halogens is 3. The molecule has 1 aliphatic heterocycles. The molecule has 0 aliphatic carbocycles. The van der Waals surface area contributed by atoms with Gasteiger partial charge in [0.2, 0.25) is 11.7 Å². The van der Waals surface area contributed by atoms with Gasteiger partial charge in [0, 0.05) is 18.2 Å². The van der Waals surface area contributed by atoms with Crippen LogP contribution in [0.1, 0.15) is 31.7 Å². The van der Waals surface area contributed by atoms with Crippen molar-refractivity contribution in [1.29, 1.82) is 0 Å². The summed E-state index contributed by atoms with van der Waals surface area (Å²) in [6, 6.07) is 4.71. The van der Waals surface area contributed by atoms with Crippen LogP contribution in [0.5, 0.6) is 0 Å². The van der Waals surface area contributed by atoms with Crippen molar-refractivity contribution in [3.63, 3.8) is 0 Å². The van der Waals surface area contributed by atoms with Crippen LogP contribution < -0.4 is 0 Å². The van der Waals surface area contributed by atoms with Gasteiger partial charge in [-0.05, 0) is 43.5 Å². The number of piperidine rings is 1. The van der Waals surface area contributed by atoms with Crippen LogP contribution in [0.4, 0.5) is 13.2 Å². The third kappa shape index (κ3) is 3.97. The van der Waals surface area contributed by atoms with Crippen LogP contribution in [0.3, 0.4) is 0 Å². The Balaban J connectivity index is 1.69. The van der Waals surface area contributed by atoms with Crippen LogP contribution in [0.25, 0.3) is 11.4 Å². The Labute approximate surface area is 142 Å². The summed E-state index contributed by atoms with van der Waals surface area (Å²) in [7, 11) is 0. The third-order valence-electron chi connectivity index (χ3n) is 4.32. The fourth-order valence-electron chi connectivity index (χ4n) is 2.91. The number of hydrogen-bond donors (Lipinski definition) is 0. The lowest BCUT2D eigenvalue weighted by molar-refractivity contribution is -0.137. The molecule has 0 N–H and O–H groups in total. The minimum atomic E-state index is -4.39. The molecule has 1 unspecified atom stereocenters. The summed E-state index contributed by atoms with van der Waals surface area (Å²) in [4.78, 5) is 15.3. The smallest absolute Gasteiger partial charge is 0.338 e. The summed E-state index contributed by atoms with van der Waals surface area (Å²) in [5.74, 6) is 0.108. The van der Waals surface area contributed by atoms with Crippen LogP contribution >= 0.6 is 0 Å². The third-order valence-corrected chi connectivity index (χ3v) is 4.32. The van der Waals surface area contributed by atoms with Crippen molar-refractivity contribution in [2.75, 3.05) is 6.54 Å². The highest BCUT2D eigenvalue weighted by Gasteiger charge is 2.30. The summed E-state index contributed by atoms with van der Waals surface area (Å²) in [6.45, 7) is 2.71. The number of rotatable bonds is 3. The first-order valence-corrected chi connectivity index (χ1v) is 8.09. The standard InChI is InChI=1S/C16H18F3N5O/c1-11-4-2-3-9-23(11)14(25)10-24-21-15(20-22-24)12-5-7-13(8-6-12)16(17,18)19/h5-8,11H,2-4,9-10H2,1H3. The number of amides is 1. The molecule has 0 radical (unpaired) electrons. The number of likely N-dealkylation sites (tertiary alicyclic amines) is 1. The average molecular weight is 353 g/mol. The molecule has 0 bridgehead atoms. The first kappa shape index (κ1) is 17.4.